The Kier molecular flexibility index (Phi) is 8.01. The van der Waals surface area contributed by atoms with Crippen molar-refractivity contribution < 1.29 is 4.74 Å². The molecule has 0 aromatic rings. The van der Waals surface area contributed by atoms with Gasteiger partial charge in [-0.25, -0.2) is 0 Å². The molecule has 1 aliphatic rings. The molecule has 0 saturated heterocycles. The zero-order chi connectivity index (χ0) is 14.1. The predicted octanol–water partition coefficient (Wildman–Crippen LogP) is 4.39. The van der Waals surface area contributed by atoms with Gasteiger partial charge in [-0.2, -0.15) is 0 Å². The van der Waals surface area contributed by atoms with Gasteiger partial charge in [-0.15, -0.1) is 0 Å². The van der Waals surface area contributed by atoms with Crippen molar-refractivity contribution >= 4 is 0 Å². The molecule has 1 saturated carbocycles. The highest BCUT2D eigenvalue weighted by Crippen LogP contribution is 2.37. The Bertz CT molecular complexity index is 222. The second-order valence-corrected chi connectivity index (χ2v) is 7.14. The van der Waals surface area contributed by atoms with E-state index in [9.17, 15) is 0 Å². The van der Waals surface area contributed by atoms with Crippen molar-refractivity contribution in [2.45, 2.75) is 78.7 Å². The minimum atomic E-state index is 0.440. The maximum Gasteiger partial charge on any atom is 0.0478 e. The molecule has 2 heteroatoms. The zero-order valence-corrected chi connectivity index (χ0v) is 13.6. The predicted molar refractivity (Wildman–Crippen MR) is 83.5 cm³/mol. The summed E-state index contributed by atoms with van der Waals surface area (Å²) in [7, 11) is 0. The van der Waals surface area contributed by atoms with Gasteiger partial charge in [0.2, 0.25) is 0 Å². The molecule has 0 heterocycles. The van der Waals surface area contributed by atoms with E-state index in [0.717, 1.165) is 38.1 Å². The van der Waals surface area contributed by atoms with Crippen LogP contribution in [0.3, 0.4) is 0 Å². The average molecular weight is 269 g/mol. The van der Waals surface area contributed by atoms with Gasteiger partial charge in [-0.05, 0) is 43.6 Å². The summed E-state index contributed by atoms with van der Waals surface area (Å²) in [6.07, 6.45) is 9.15. The highest BCUT2D eigenvalue weighted by atomic mass is 16.5. The summed E-state index contributed by atoms with van der Waals surface area (Å²) in [4.78, 5) is 0. The molecule has 0 spiro atoms. The number of hydrogen-bond acceptors (Lipinski definition) is 2. The Morgan fingerprint density at radius 1 is 1.05 bits per heavy atom. The number of rotatable bonds is 8. The van der Waals surface area contributed by atoms with E-state index in [2.05, 4.69) is 33.0 Å². The van der Waals surface area contributed by atoms with Gasteiger partial charge in [0, 0.05) is 19.3 Å². The van der Waals surface area contributed by atoms with Gasteiger partial charge in [-0.3, -0.25) is 0 Å². The van der Waals surface area contributed by atoms with Crippen molar-refractivity contribution in [1.82, 2.24) is 5.32 Å². The maximum absolute atomic E-state index is 5.62. The summed E-state index contributed by atoms with van der Waals surface area (Å²) in [5.41, 5.74) is 0.440. The van der Waals surface area contributed by atoms with E-state index >= 15 is 0 Å². The van der Waals surface area contributed by atoms with E-state index in [4.69, 9.17) is 4.74 Å². The van der Waals surface area contributed by atoms with Gasteiger partial charge < -0.3 is 10.1 Å². The minimum absolute atomic E-state index is 0.440. The smallest absolute Gasteiger partial charge is 0.0478 e. The highest BCUT2D eigenvalue weighted by Gasteiger charge is 2.33. The van der Waals surface area contributed by atoms with Crippen LogP contribution in [0.4, 0.5) is 0 Å². The number of nitrogens with one attached hydrogen (secondary N) is 1. The molecule has 0 bridgehead atoms. The van der Waals surface area contributed by atoms with Crippen molar-refractivity contribution in [3.8, 4) is 0 Å². The van der Waals surface area contributed by atoms with Gasteiger partial charge in [0.1, 0.15) is 0 Å². The van der Waals surface area contributed by atoms with Crippen LogP contribution in [0.15, 0.2) is 0 Å². The van der Waals surface area contributed by atoms with Gasteiger partial charge in [0.25, 0.3) is 0 Å². The van der Waals surface area contributed by atoms with Crippen molar-refractivity contribution in [3.05, 3.63) is 0 Å². The van der Waals surface area contributed by atoms with E-state index < -0.39 is 0 Å². The molecule has 0 aromatic heterocycles. The molecule has 1 rings (SSSR count). The van der Waals surface area contributed by atoms with Crippen LogP contribution in [0.2, 0.25) is 0 Å². The van der Waals surface area contributed by atoms with Crippen LogP contribution in [0.5, 0.6) is 0 Å². The molecular formula is C17H35NO. The second kappa shape index (κ2) is 8.97. The van der Waals surface area contributed by atoms with Crippen LogP contribution in [-0.4, -0.2) is 25.8 Å². The van der Waals surface area contributed by atoms with Crippen LogP contribution in [0.1, 0.15) is 72.6 Å². The van der Waals surface area contributed by atoms with Crippen molar-refractivity contribution in [2.75, 3.05) is 19.8 Å². The Balaban J connectivity index is 2.15. The molecule has 0 radical (unpaired) electrons. The molecule has 0 aromatic carbocycles. The third kappa shape index (κ3) is 6.76. The molecular weight excluding hydrogens is 234 g/mol. The first-order valence-electron chi connectivity index (χ1n) is 8.37. The van der Waals surface area contributed by atoms with Crippen LogP contribution < -0.4 is 5.32 Å². The van der Waals surface area contributed by atoms with E-state index in [1.165, 1.54) is 38.5 Å². The van der Waals surface area contributed by atoms with Gasteiger partial charge in [0.15, 0.2) is 0 Å². The average Bonchev–Trinajstić information content (AvgIpc) is 2.37. The molecule has 19 heavy (non-hydrogen) atoms. The lowest BCUT2D eigenvalue weighted by molar-refractivity contribution is 0.114. The summed E-state index contributed by atoms with van der Waals surface area (Å²) in [5.74, 6) is 0.835. The Morgan fingerprint density at radius 2 is 1.74 bits per heavy atom. The molecule has 1 fully saturated rings. The lowest BCUT2D eigenvalue weighted by Crippen LogP contribution is -2.44. The lowest BCUT2D eigenvalue weighted by Gasteiger charge is -2.41. The molecule has 0 aliphatic heterocycles. The van der Waals surface area contributed by atoms with E-state index in [0.29, 0.717) is 5.41 Å². The number of hydrogen-bond donors (Lipinski definition) is 1. The Morgan fingerprint density at radius 3 is 2.42 bits per heavy atom. The molecule has 2 atom stereocenters. The quantitative estimate of drug-likeness (QED) is 0.660. The third-order valence-corrected chi connectivity index (χ3v) is 4.39. The van der Waals surface area contributed by atoms with Crippen molar-refractivity contribution in [3.63, 3.8) is 0 Å². The molecule has 0 amide bonds. The molecule has 114 valence electrons. The van der Waals surface area contributed by atoms with Crippen molar-refractivity contribution in [1.29, 1.82) is 0 Å². The van der Waals surface area contributed by atoms with E-state index in [1.807, 2.05) is 0 Å². The first-order chi connectivity index (χ1) is 9.05. The maximum atomic E-state index is 5.62. The fourth-order valence-corrected chi connectivity index (χ4v) is 3.22. The fourth-order valence-electron chi connectivity index (χ4n) is 3.22. The summed E-state index contributed by atoms with van der Waals surface area (Å²) in [5, 5.41) is 3.79. The number of unbranched alkanes of at least 4 members (excludes halogenated alkanes) is 1. The SMILES string of the molecule is CCCCOCCCNC1CCCCC1C(C)(C)C. The summed E-state index contributed by atoms with van der Waals surface area (Å²) in [6, 6.07) is 0.726. The highest BCUT2D eigenvalue weighted by molar-refractivity contribution is 4.88. The lowest BCUT2D eigenvalue weighted by atomic mass is 9.69. The summed E-state index contributed by atoms with van der Waals surface area (Å²) < 4.78 is 5.62. The van der Waals surface area contributed by atoms with Gasteiger partial charge >= 0.3 is 0 Å². The zero-order valence-electron chi connectivity index (χ0n) is 13.6. The van der Waals surface area contributed by atoms with Crippen LogP contribution in [-0.2, 0) is 4.74 Å². The standard InChI is InChI=1S/C17H35NO/c1-5-6-13-19-14-9-12-18-16-11-8-7-10-15(16)17(2,3)4/h15-16,18H,5-14H2,1-4H3. The van der Waals surface area contributed by atoms with Gasteiger partial charge in [-0.1, -0.05) is 47.0 Å². The Hall–Kier alpha value is -0.0800. The van der Waals surface area contributed by atoms with Gasteiger partial charge in [0.05, 0.1) is 0 Å². The van der Waals surface area contributed by atoms with E-state index in [-0.39, 0.29) is 0 Å². The molecule has 1 aliphatic carbocycles. The Labute approximate surface area is 120 Å². The monoisotopic (exact) mass is 269 g/mol. The third-order valence-electron chi connectivity index (χ3n) is 4.39. The largest absolute Gasteiger partial charge is 0.381 e. The normalized spacial score (nSPS) is 24.6. The summed E-state index contributed by atoms with van der Waals surface area (Å²) >= 11 is 0. The van der Waals surface area contributed by atoms with Crippen LogP contribution >= 0.6 is 0 Å². The summed E-state index contributed by atoms with van der Waals surface area (Å²) in [6.45, 7) is 12.4. The fraction of sp³-hybridized carbons (Fsp3) is 1.00. The van der Waals surface area contributed by atoms with E-state index in [1.54, 1.807) is 0 Å². The topological polar surface area (TPSA) is 21.3 Å². The minimum Gasteiger partial charge on any atom is -0.381 e. The van der Waals surface area contributed by atoms with Crippen molar-refractivity contribution in [2.24, 2.45) is 11.3 Å². The first kappa shape index (κ1) is 17.0. The number of ether oxygens (including phenoxy) is 1. The van der Waals surface area contributed by atoms with Crippen LogP contribution in [0.25, 0.3) is 0 Å². The molecule has 2 unspecified atom stereocenters. The second-order valence-electron chi connectivity index (χ2n) is 7.14. The molecule has 1 N–H and O–H groups in total. The molecule has 2 nitrogen and oxygen atoms in total. The first-order valence-corrected chi connectivity index (χ1v) is 8.37. The van der Waals surface area contributed by atoms with Crippen LogP contribution in [0, 0.1) is 11.3 Å².